The molecule has 0 aromatic carbocycles. The van der Waals surface area contributed by atoms with Crippen molar-refractivity contribution in [3.8, 4) is 0 Å². The lowest BCUT2D eigenvalue weighted by Crippen LogP contribution is -2.18. The second-order valence-electron chi connectivity index (χ2n) is 2.59. The van der Waals surface area contributed by atoms with Crippen molar-refractivity contribution in [2.24, 2.45) is 0 Å². The minimum absolute atomic E-state index is 0.0790. The molecule has 0 saturated heterocycles. The molecule has 12 heavy (non-hydrogen) atoms. The van der Waals surface area contributed by atoms with Gasteiger partial charge < -0.3 is 5.32 Å². The highest BCUT2D eigenvalue weighted by Crippen LogP contribution is 1.83. The van der Waals surface area contributed by atoms with Gasteiger partial charge in [0.05, 0.1) is 5.75 Å². The summed E-state index contributed by atoms with van der Waals surface area (Å²) in [6, 6.07) is 0. The second kappa shape index (κ2) is 4.92. The topological polar surface area (TPSA) is 63.2 Å². The van der Waals surface area contributed by atoms with Crippen LogP contribution in [-0.2, 0) is 14.6 Å². The van der Waals surface area contributed by atoms with Gasteiger partial charge in [-0.2, -0.15) is 0 Å². The molecule has 0 aliphatic rings. The van der Waals surface area contributed by atoms with E-state index in [2.05, 4.69) is 5.32 Å². The van der Waals surface area contributed by atoms with Gasteiger partial charge in [0.25, 0.3) is 0 Å². The number of hydrogen-bond donors (Lipinski definition) is 1. The Hall–Kier alpha value is -0.840. The zero-order valence-electron chi connectivity index (χ0n) is 7.20. The molecule has 0 amide bonds. The molecule has 0 fully saturated rings. The molecular formula is C7H13NO3S. The van der Waals surface area contributed by atoms with Gasteiger partial charge in [-0.3, -0.25) is 4.79 Å². The smallest absolute Gasteiger partial charge is 0.149 e. The number of rotatable bonds is 5. The van der Waals surface area contributed by atoms with Crippen LogP contribution in [0.5, 0.6) is 0 Å². The molecule has 70 valence electrons. The third kappa shape index (κ3) is 7.27. The lowest BCUT2D eigenvalue weighted by atomic mass is 10.4. The summed E-state index contributed by atoms with van der Waals surface area (Å²) < 4.78 is 21.2. The minimum atomic E-state index is -2.91. The van der Waals surface area contributed by atoms with Crippen molar-refractivity contribution in [3.63, 3.8) is 0 Å². The third-order valence-corrected chi connectivity index (χ3v) is 2.08. The van der Waals surface area contributed by atoms with E-state index in [1.165, 1.54) is 12.5 Å². The molecule has 4 nitrogen and oxygen atoms in total. The fraction of sp³-hybridized carbons (Fsp3) is 0.571. The summed E-state index contributed by atoms with van der Waals surface area (Å²) in [5.41, 5.74) is 0.545. The van der Waals surface area contributed by atoms with Crippen LogP contribution in [0, 0.1) is 0 Å². The number of nitrogens with one attached hydrogen (secondary N) is 1. The summed E-state index contributed by atoms with van der Waals surface area (Å²) in [5, 5.41) is 2.72. The molecule has 0 atom stereocenters. The van der Waals surface area contributed by atoms with Gasteiger partial charge in [-0.05, 0) is 6.92 Å². The molecule has 0 aliphatic carbocycles. The van der Waals surface area contributed by atoms with E-state index in [4.69, 9.17) is 0 Å². The second-order valence-corrected chi connectivity index (χ2v) is 4.85. The van der Waals surface area contributed by atoms with Crippen LogP contribution in [0.3, 0.4) is 0 Å². The van der Waals surface area contributed by atoms with Crippen LogP contribution >= 0.6 is 0 Å². The minimum Gasteiger partial charge on any atom is -0.390 e. The van der Waals surface area contributed by atoms with Gasteiger partial charge in [-0.1, -0.05) is 0 Å². The van der Waals surface area contributed by atoms with Crippen molar-refractivity contribution in [1.29, 1.82) is 0 Å². The van der Waals surface area contributed by atoms with Gasteiger partial charge in [-0.15, -0.1) is 0 Å². The lowest BCUT2D eigenvalue weighted by molar-refractivity contribution is -0.104. The molecule has 0 rings (SSSR count). The standard InChI is InChI=1S/C7H13NO3S/c1-7(6-9)5-8-3-4-12(2,10)11/h5-6,8H,3-4H2,1-2H3/b7-5+. The zero-order valence-corrected chi connectivity index (χ0v) is 8.02. The monoisotopic (exact) mass is 191 g/mol. The Balaban J connectivity index is 3.66. The highest BCUT2D eigenvalue weighted by atomic mass is 32.2. The Bertz CT molecular complexity index is 266. The van der Waals surface area contributed by atoms with Crippen LogP contribution in [0.25, 0.3) is 0 Å². The van der Waals surface area contributed by atoms with Crippen LogP contribution in [-0.4, -0.2) is 33.3 Å². The van der Waals surface area contributed by atoms with E-state index in [1.807, 2.05) is 0 Å². The molecule has 0 spiro atoms. The maximum Gasteiger partial charge on any atom is 0.149 e. The maximum atomic E-state index is 10.6. The first-order valence-corrected chi connectivity index (χ1v) is 5.55. The highest BCUT2D eigenvalue weighted by Gasteiger charge is 1.98. The van der Waals surface area contributed by atoms with E-state index < -0.39 is 9.84 Å². The summed E-state index contributed by atoms with van der Waals surface area (Å²) >= 11 is 0. The van der Waals surface area contributed by atoms with Gasteiger partial charge in [-0.25, -0.2) is 8.42 Å². The first-order valence-electron chi connectivity index (χ1n) is 3.49. The van der Waals surface area contributed by atoms with Crippen molar-refractivity contribution >= 4 is 16.1 Å². The number of aldehydes is 1. The van der Waals surface area contributed by atoms with Gasteiger partial charge in [0.1, 0.15) is 16.1 Å². The molecule has 5 heteroatoms. The van der Waals surface area contributed by atoms with E-state index in [0.717, 1.165) is 0 Å². The van der Waals surface area contributed by atoms with Crippen LogP contribution in [0.4, 0.5) is 0 Å². The Morgan fingerprint density at radius 1 is 1.50 bits per heavy atom. The van der Waals surface area contributed by atoms with E-state index in [1.54, 1.807) is 6.92 Å². The molecule has 1 N–H and O–H groups in total. The quantitative estimate of drug-likeness (QED) is 0.369. The number of carbonyl (C=O) groups is 1. The summed E-state index contributed by atoms with van der Waals surface area (Å²) in [6.07, 6.45) is 3.37. The number of sulfone groups is 1. The average molecular weight is 191 g/mol. The van der Waals surface area contributed by atoms with Crippen LogP contribution in [0.2, 0.25) is 0 Å². The molecule has 0 radical (unpaired) electrons. The highest BCUT2D eigenvalue weighted by molar-refractivity contribution is 7.90. The van der Waals surface area contributed by atoms with Crippen molar-refractivity contribution in [3.05, 3.63) is 11.8 Å². The molecule has 0 aromatic heterocycles. The third-order valence-electron chi connectivity index (χ3n) is 1.13. The predicted octanol–water partition coefficient (Wildman–Crippen LogP) is -0.277. The van der Waals surface area contributed by atoms with Crippen LogP contribution < -0.4 is 5.32 Å². The Labute approximate surface area is 72.6 Å². The summed E-state index contributed by atoms with van der Waals surface area (Å²) in [4.78, 5) is 10.1. The Morgan fingerprint density at radius 2 is 2.08 bits per heavy atom. The molecule has 0 heterocycles. The molecule has 0 aliphatic heterocycles. The number of allylic oxidation sites excluding steroid dienone is 1. The number of hydrogen-bond acceptors (Lipinski definition) is 4. The predicted molar refractivity (Wildman–Crippen MR) is 47.5 cm³/mol. The first kappa shape index (κ1) is 11.2. The summed E-state index contributed by atoms with van der Waals surface area (Å²) in [5.74, 6) is 0.0790. The van der Waals surface area contributed by atoms with Gasteiger partial charge >= 0.3 is 0 Å². The van der Waals surface area contributed by atoms with Crippen LogP contribution in [0.15, 0.2) is 11.8 Å². The largest absolute Gasteiger partial charge is 0.390 e. The zero-order chi connectivity index (χ0) is 9.61. The first-order chi connectivity index (χ1) is 5.45. The molecule has 0 aromatic rings. The fourth-order valence-electron chi connectivity index (χ4n) is 0.511. The maximum absolute atomic E-state index is 10.6. The number of carbonyl (C=O) groups excluding carboxylic acids is 1. The fourth-order valence-corrected chi connectivity index (χ4v) is 1.00. The Morgan fingerprint density at radius 3 is 2.50 bits per heavy atom. The van der Waals surface area contributed by atoms with E-state index >= 15 is 0 Å². The summed E-state index contributed by atoms with van der Waals surface area (Å²) in [6.45, 7) is 1.98. The van der Waals surface area contributed by atoms with Gasteiger partial charge in [0, 0.05) is 24.6 Å². The SMILES string of the molecule is C/C(C=O)=C\NCCS(C)(=O)=O. The summed E-state index contributed by atoms with van der Waals surface area (Å²) in [7, 11) is -2.91. The average Bonchev–Trinajstić information content (AvgIpc) is 1.96. The molecular weight excluding hydrogens is 178 g/mol. The lowest BCUT2D eigenvalue weighted by Gasteiger charge is -1.98. The molecule has 0 saturated carbocycles. The van der Waals surface area contributed by atoms with Crippen molar-refractivity contribution in [1.82, 2.24) is 5.32 Å². The molecule has 0 bridgehead atoms. The van der Waals surface area contributed by atoms with Crippen molar-refractivity contribution in [2.75, 3.05) is 18.6 Å². The van der Waals surface area contributed by atoms with E-state index in [-0.39, 0.29) is 5.75 Å². The van der Waals surface area contributed by atoms with Crippen molar-refractivity contribution < 1.29 is 13.2 Å². The normalized spacial score (nSPS) is 12.7. The van der Waals surface area contributed by atoms with E-state index in [9.17, 15) is 13.2 Å². The molecule has 0 unspecified atom stereocenters. The van der Waals surface area contributed by atoms with E-state index in [0.29, 0.717) is 18.4 Å². The van der Waals surface area contributed by atoms with Gasteiger partial charge in [0.2, 0.25) is 0 Å². The Kier molecular flexibility index (Phi) is 4.58. The van der Waals surface area contributed by atoms with Crippen molar-refractivity contribution in [2.45, 2.75) is 6.92 Å². The van der Waals surface area contributed by atoms with Gasteiger partial charge in [0.15, 0.2) is 0 Å². The van der Waals surface area contributed by atoms with Crippen LogP contribution in [0.1, 0.15) is 6.92 Å².